The molecule has 4 rings (SSSR count). The van der Waals surface area contributed by atoms with Gasteiger partial charge in [-0.1, -0.05) is 30.2 Å². The summed E-state index contributed by atoms with van der Waals surface area (Å²) in [4.78, 5) is 18.1. The van der Waals surface area contributed by atoms with Crippen LogP contribution in [-0.4, -0.2) is 60.6 Å². The molecule has 0 radical (unpaired) electrons. The second kappa shape index (κ2) is 8.93. The predicted octanol–water partition coefficient (Wildman–Crippen LogP) is 4.23. The lowest BCUT2D eigenvalue weighted by molar-refractivity contribution is 0.0147. The molecular formula is C22H31ClN2O2. The normalized spacial score (nSPS) is 27.8. The monoisotopic (exact) mass is 390 g/mol. The molecule has 3 aliphatic heterocycles. The van der Waals surface area contributed by atoms with Gasteiger partial charge in [-0.15, -0.1) is 0 Å². The number of ether oxygens (including phenoxy) is 1. The number of piperidine rings is 1. The van der Waals surface area contributed by atoms with Gasteiger partial charge >= 0.3 is 0 Å². The summed E-state index contributed by atoms with van der Waals surface area (Å²) in [7, 11) is 0. The molecule has 2 atom stereocenters. The molecule has 0 aromatic heterocycles. The van der Waals surface area contributed by atoms with Gasteiger partial charge in [-0.3, -0.25) is 9.69 Å². The Balaban J connectivity index is 1.52. The smallest absolute Gasteiger partial charge is 0.255 e. The van der Waals surface area contributed by atoms with E-state index >= 15 is 0 Å². The zero-order valence-electron chi connectivity index (χ0n) is 16.1. The Kier molecular flexibility index (Phi) is 6.36. The molecule has 0 unspecified atom stereocenters. The average Bonchev–Trinajstić information content (AvgIpc) is 2.91. The van der Waals surface area contributed by atoms with Gasteiger partial charge in [0.05, 0.1) is 10.6 Å². The van der Waals surface area contributed by atoms with Gasteiger partial charge < -0.3 is 9.64 Å². The molecule has 5 heteroatoms. The number of carbonyl (C=O) groups excluding carboxylic acids is 1. The van der Waals surface area contributed by atoms with Crippen LogP contribution in [0.2, 0.25) is 5.02 Å². The number of halogens is 1. The quantitative estimate of drug-likeness (QED) is 0.774. The van der Waals surface area contributed by atoms with Crippen molar-refractivity contribution in [3.8, 4) is 0 Å². The van der Waals surface area contributed by atoms with E-state index in [9.17, 15) is 4.79 Å². The summed E-state index contributed by atoms with van der Waals surface area (Å²) < 4.78 is 5.55. The maximum atomic E-state index is 13.3. The zero-order chi connectivity index (χ0) is 18.6. The molecular weight excluding hydrogens is 360 g/mol. The van der Waals surface area contributed by atoms with Crippen LogP contribution < -0.4 is 0 Å². The molecule has 1 aromatic carbocycles. The van der Waals surface area contributed by atoms with E-state index in [-0.39, 0.29) is 5.91 Å². The summed E-state index contributed by atoms with van der Waals surface area (Å²) in [5, 5.41) is 0.567. The van der Waals surface area contributed by atoms with Crippen LogP contribution >= 0.6 is 11.6 Å². The van der Waals surface area contributed by atoms with E-state index in [0.29, 0.717) is 22.7 Å². The minimum Gasteiger partial charge on any atom is -0.381 e. The molecule has 3 fully saturated rings. The molecule has 0 saturated carbocycles. The maximum absolute atomic E-state index is 13.3. The van der Waals surface area contributed by atoms with Crippen LogP contribution in [0.4, 0.5) is 0 Å². The zero-order valence-corrected chi connectivity index (χ0v) is 16.9. The fraction of sp³-hybridized carbons (Fsp3) is 0.682. The van der Waals surface area contributed by atoms with E-state index in [2.05, 4.69) is 9.80 Å². The fourth-order valence-electron chi connectivity index (χ4n) is 5.17. The fourth-order valence-corrected chi connectivity index (χ4v) is 5.39. The molecule has 27 heavy (non-hydrogen) atoms. The van der Waals surface area contributed by atoms with Crippen LogP contribution in [0.5, 0.6) is 0 Å². The molecule has 3 aliphatic rings. The summed E-state index contributed by atoms with van der Waals surface area (Å²) in [5.41, 5.74) is 0.653. The number of nitrogens with zero attached hydrogens (tertiary/aromatic N) is 2. The molecule has 3 saturated heterocycles. The number of carbonyl (C=O) groups is 1. The number of fused-ring (bicyclic) bond motifs is 1. The van der Waals surface area contributed by atoms with Crippen LogP contribution in [0.25, 0.3) is 0 Å². The molecule has 148 valence electrons. The van der Waals surface area contributed by atoms with Gasteiger partial charge in [-0.05, 0) is 63.1 Å². The molecule has 0 spiro atoms. The number of rotatable bonds is 3. The number of benzene rings is 1. The van der Waals surface area contributed by atoms with Gasteiger partial charge in [-0.2, -0.15) is 0 Å². The van der Waals surface area contributed by atoms with E-state index in [0.717, 1.165) is 38.5 Å². The third-order valence-corrected chi connectivity index (χ3v) is 6.94. The molecule has 0 bridgehead atoms. The number of likely N-dealkylation sites (tertiary alicyclic amines) is 2. The first kappa shape index (κ1) is 19.2. The minimum absolute atomic E-state index is 0.114. The lowest BCUT2D eigenvalue weighted by Gasteiger charge is -2.46. The van der Waals surface area contributed by atoms with Crippen LogP contribution in [0, 0.1) is 5.92 Å². The van der Waals surface area contributed by atoms with E-state index in [4.69, 9.17) is 16.3 Å². The van der Waals surface area contributed by atoms with Gasteiger partial charge in [0, 0.05) is 38.4 Å². The molecule has 0 aliphatic carbocycles. The minimum atomic E-state index is 0.114. The van der Waals surface area contributed by atoms with Crippen LogP contribution in [-0.2, 0) is 4.74 Å². The van der Waals surface area contributed by atoms with E-state index in [1.54, 1.807) is 0 Å². The van der Waals surface area contributed by atoms with Crippen molar-refractivity contribution >= 4 is 17.5 Å². The van der Waals surface area contributed by atoms with Crippen molar-refractivity contribution in [1.29, 1.82) is 0 Å². The third-order valence-electron chi connectivity index (χ3n) is 6.61. The van der Waals surface area contributed by atoms with Gasteiger partial charge in [0.25, 0.3) is 5.91 Å². The SMILES string of the molecule is O=C(c1ccccc1Cl)N1CCC[C@@H]2[C@H]1CCCCN2CC1CCOCC1. The first-order valence-electron chi connectivity index (χ1n) is 10.6. The Labute approximate surface area is 167 Å². The second-order valence-electron chi connectivity index (χ2n) is 8.30. The van der Waals surface area contributed by atoms with Crippen LogP contribution in [0.1, 0.15) is 55.3 Å². The summed E-state index contributed by atoms with van der Waals surface area (Å²) in [6.45, 7) is 5.01. The molecule has 0 N–H and O–H groups in total. The lowest BCUT2D eigenvalue weighted by atomic mass is 9.90. The maximum Gasteiger partial charge on any atom is 0.255 e. The molecule has 1 amide bonds. The van der Waals surface area contributed by atoms with Crippen molar-refractivity contribution in [3.63, 3.8) is 0 Å². The largest absolute Gasteiger partial charge is 0.381 e. The number of hydrogen-bond acceptors (Lipinski definition) is 3. The molecule has 3 heterocycles. The number of amides is 1. The highest BCUT2D eigenvalue weighted by Gasteiger charge is 2.39. The summed E-state index contributed by atoms with van der Waals surface area (Å²) in [6.07, 6.45) is 8.21. The van der Waals surface area contributed by atoms with Crippen LogP contribution in [0.15, 0.2) is 24.3 Å². The van der Waals surface area contributed by atoms with Crippen molar-refractivity contribution in [2.24, 2.45) is 5.92 Å². The summed E-state index contributed by atoms with van der Waals surface area (Å²) in [6, 6.07) is 8.30. The van der Waals surface area contributed by atoms with Crippen molar-refractivity contribution < 1.29 is 9.53 Å². The third kappa shape index (κ3) is 4.33. The lowest BCUT2D eigenvalue weighted by Crippen LogP contribution is -2.57. The molecule has 4 nitrogen and oxygen atoms in total. The number of hydrogen-bond donors (Lipinski definition) is 0. The van der Waals surface area contributed by atoms with E-state index < -0.39 is 0 Å². The highest BCUT2D eigenvalue weighted by Crippen LogP contribution is 2.32. The highest BCUT2D eigenvalue weighted by molar-refractivity contribution is 6.33. The van der Waals surface area contributed by atoms with Crippen LogP contribution in [0.3, 0.4) is 0 Å². The Morgan fingerprint density at radius 2 is 1.78 bits per heavy atom. The summed E-state index contributed by atoms with van der Waals surface area (Å²) >= 11 is 6.33. The second-order valence-corrected chi connectivity index (χ2v) is 8.71. The van der Waals surface area contributed by atoms with Crippen molar-refractivity contribution in [2.75, 3.05) is 32.8 Å². The predicted molar refractivity (Wildman–Crippen MR) is 108 cm³/mol. The highest BCUT2D eigenvalue weighted by atomic mass is 35.5. The van der Waals surface area contributed by atoms with Gasteiger partial charge in [0.2, 0.25) is 0 Å². The van der Waals surface area contributed by atoms with E-state index in [1.165, 1.54) is 45.2 Å². The van der Waals surface area contributed by atoms with Gasteiger partial charge in [-0.25, -0.2) is 0 Å². The topological polar surface area (TPSA) is 32.8 Å². The summed E-state index contributed by atoms with van der Waals surface area (Å²) in [5.74, 6) is 0.857. The average molecular weight is 391 g/mol. The van der Waals surface area contributed by atoms with Gasteiger partial charge in [0.1, 0.15) is 0 Å². The van der Waals surface area contributed by atoms with E-state index in [1.807, 2.05) is 24.3 Å². The van der Waals surface area contributed by atoms with Crippen molar-refractivity contribution in [3.05, 3.63) is 34.9 Å². The van der Waals surface area contributed by atoms with Gasteiger partial charge in [0.15, 0.2) is 0 Å². The Hall–Kier alpha value is -1.10. The first-order chi connectivity index (χ1) is 13.2. The first-order valence-corrected chi connectivity index (χ1v) is 11.0. The van der Waals surface area contributed by atoms with Crippen molar-refractivity contribution in [1.82, 2.24) is 9.80 Å². The molecule has 1 aromatic rings. The standard InChI is InChI=1S/C22H31ClN2O2/c23-19-7-2-1-6-18(19)22(26)25-13-5-9-20-21(25)8-3-4-12-24(20)16-17-10-14-27-15-11-17/h1-2,6-7,17,20-21H,3-5,8-16H2/t20-,21-/m1/s1. The Morgan fingerprint density at radius 3 is 2.59 bits per heavy atom. The Morgan fingerprint density at radius 1 is 1.00 bits per heavy atom. The Bertz CT molecular complexity index is 647. The van der Waals surface area contributed by atoms with Crippen molar-refractivity contribution in [2.45, 2.75) is 57.0 Å².